The molecule has 1 aliphatic heterocycles. The van der Waals surface area contributed by atoms with Crippen molar-refractivity contribution in [2.24, 2.45) is 10.9 Å². The number of ether oxygens (including phenoxy) is 1. The maximum atomic E-state index is 12.2. The van der Waals surface area contributed by atoms with Crippen LogP contribution in [0.1, 0.15) is 25.8 Å². The standard InChI is InChI=1S/C20H24N4O2/c1-13(2)8-17(12-26-3)22-20-23-18(19(25)24-20)10-14-4-5-16-11-21-7-6-15(16)9-14/h4-7,9-11,13,17H,8,12H2,1-3H3,(H2,22,23,24,25)/b18-10-. The lowest BCUT2D eigenvalue weighted by atomic mass is 10.0. The summed E-state index contributed by atoms with van der Waals surface area (Å²) in [6.07, 6.45) is 6.30. The van der Waals surface area contributed by atoms with E-state index in [9.17, 15) is 4.79 Å². The van der Waals surface area contributed by atoms with Gasteiger partial charge in [0.25, 0.3) is 5.91 Å². The summed E-state index contributed by atoms with van der Waals surface area (Å²) < 4.78 is 5.26. The van der Waals surface area contributed by atoms with E-state index in [0.717, 1.165) is 22.8 Å². The van der Waals surface area contributed by atoms with Crippen molar-refractivity contribution in [3.8, 4) is 0 Å². The summed E-state index contributed by atoms with van der Waals surface area (Å²) in [7, 11) is 1.67. The van der Waals surface area contributed by atoms with Gasteiger partial charge in [-0.1, -0.05) is 26.0 Å². The van der Waals surface area contributed by atoms with Crippen LogP contribution in [0.2, 0.25) is 0 Å². The van der Waals surface area contributed by atoms with Crippen molar-refractivity contribution >= 4 is 28.7 Å². The molecule has 0 radical (unpaired) electrons. The van der Waals surface area contributed by atoms with Gasteiger partial charge >= 0.3 is 0 Å². The third-order valence-electron chi connectivity index (χ3n) is 4.13. The molecule has 0 spiro atoms. The first-order chi connectivity index (χ1) is 12.5. The Kier molecular flexibility index (Phi) is 5.63. The maximum absolute atomic E-state index is 12.2. The van der Waals surface area contributed by atoms with Gasteiger partial charge in [-0.3, -0.25) is 15.1 Å². The van der Waals surface area contributed by atoms with Crippen LogP contribution >= 0.6 is 0 Å². The zero-order chi connectivity index (χ0) is 18.5. The Balaban J connectivity index is 1.78. The highest BCUT2D eigenvalue weighted by molar-refractivity contribution is 6.13. The van der Waals surface area contributed by atoms with E-state index in [0.29, 0.717) is 24.2 Å². The van der Waals surface area contributed by atoms with Crippen LogP contribution in [0, 0.1) is 5.92 Å². The highest BCUT2D eigenvalue weighted by Crippen LogP contribution is 2.18. The summed E-state index contributed by atoms with van der Waals surface area (Å²) in [6, 6.07) is 8.01. The van der Waals surface area contributed by atoms with Crippen LogP contribution in [-0.4, -0.2) is 36.6 Å². The topological polar surface area (TPSA) is 75.6 Å². The number of rotatable bonds is 6. The molecule has 26 heavy (non-hydrogen) atoms. The average molecular weight is 352 g/mol. The zero-order valence-corrected chi connectivity index (χ0v) is 15.3. The molecule has 0 saturated carbocycles. The van der Waals surface area contributed by atoms with E-state index in [1.807, 2.05) is 30.5 Å². The number of nitrogens with zero attached hydrogens (tertiary/aromatic N) is 2. The SMILES string of the molecule is COCC(CC(C)C)NC1=N/C(=C\c2ccc3cnccc3c2)C(=O)N1. The predicted octanol–water partition coefficient (Wildman–Crippen LogP) is 2.71. The van der Waals surface area contributed by atoms with Crippen LogP contribution in [0.15, 0.2) is 47.3 Å². The van der Waals surface area contributed by atoms with Gasteiger partial charge in [0.1, 0.15) is 5.70 Å². The Hall–Kier alpha value is -2.73. The molecule has 0 aliphatic carbocycles. The van der Waals surface area contributed by atoms with Crippen LogP contribution in [0.3, 0.4) is 0 Å². The second-order valence-electron chi connectivity index (χ2n) is 6.85. The molecule has 3 rings (SSSR count). The fourth-order valence-corrected chi connectivity index (χ4v) is 3.02. The first kappa shape index (κ1) is 18.1. The highest BCUT2D eigenvalue weighted by atomic mass is 16.5. The van der Waals surface area contributed by atoms with Gasteiger partial charge in [-0.15, -0.1) is 0 Å². The molecular formula is C20H24N4O2. The van der Waals surface area contributed by atoms with Gasteiger partial charge in [0.15, 0.2) is 0 Å². The third kappa shape index (κ3) is 4.46. The molecule has 1 amide bonds. The molecule has 2 aromatic rings. The van der Waals surface area contributed by atoms with Crippen molar-refractivity contribution in [2.45, 2.75) is 26.3 Å². The van der Waals surface area contributed by atoms with E-state index in [1.165, 1.54) is 0 Å². The number of methoxy groups -OCH3 is 1. The molecule has 0 fully saturated rings. The largest absolute Gasteiger partial charge is 0.383 e. The second-order valence-corrected chi connectivity index (χ2v) is 6.85. The maximum Gasteiger partial charge on any atom is 0.276 e. The van der Waals surface area contributed by atoms with Gasteiger partial charge in [-0.05, 0) is 41.5 Å². The molecule has 2 N–H and O–H groups in total. The minimum atomic E-state index is -0.206. The smallest absolute Gasteiger partial charge is 0.276 e. The number of hydrogen-bond acceptors (Lipinski definition) is 5. The number of hydrogen-bond donors (Lipinski definition) is 2. The lowest BCUT2D eigenvalue weighted by Gasteiger charge is -2.20. The zero-order valence-electron chi connectivity index (χ0n) is 15.3. The van der Waals surface area contributed by atoms with Gasteiger partial charge < -0.3 is 10.1 Å². The van der Waals surface area contributed by atoms with E-state index in [1.54, 1.807) is 19.4 Å². The van der Waals surface area contributed by atoms with Crippen LogP contribution < -0.4 is 10.6 Å². The fourth-order valence-electron chi connectivity index (χ4n) is 3.02. The van der Waals surface area contributed by atoms with Crippen molar-refractivity contribution < 1.29 is 9.53 Å². The van der Waals surface area contributed by atoms with Crippen molar-refractivity contribution in [3.05, 3.63) is 47.9 Å². The van der Waals surface area contributed by atoms with Gasteiger partial charge in [0.2, 0.25) is 5.96 Å². The van der Waals surface area contributed by atoms with Crippen LogP contribution in [0.25, 0.3) is 16.8 Å². The molecule has 1 unspecified atom stereocenters. The monoisotopic (exact) mass is 352 g/mol. The molecule has 0 saturated heterocycles. The minimum absolute atomic E-state index is 0.103. The lowest BCUT2D eigenvalue weighted by molar-refractivity contribution is -0.115. The van der Waals surface area contributed by atoms with Gasteiger partial charge in [0, 0.05) is 24.9 Å². The molecule has 6 nitrogen and oxygen atoms in total. The molecule has 1 aromatic heterocycles. The van der Waals surface area contributed by atoms with E-state index in [4.69, 9.17) is 4.74 Å². The average Bonchev–Trinajstić information content (AvgIpc) is 2.93. The molecule has 6 heteroatoms. The second kappa shape index (κ2) is 8.10. The summed E-state index contributed by atoms with van der Waals surface area (Å²) in [5.74, 6) is 0.791. The number of nitrogens with one attached hydrogen (secondary N) is 2. The Morgan fingerprint density at radius 3 is 2.88 bits per heavy atom. The Labute approximate surface area is 153 Å². The summed E-state index contributed by atoms with van der Waals surface area (Å²) in [5.41, 5.74) is 1.32. The lowest BCUT2D eigenvalue weighted by Crippen LogP contribution is -2.45. The molecular weight excluding hydrogens is 328 g/mol. The van der Waals surface area contributed by atoms with Gasteiger partial charge in [0.05, 0.1) is 12.6 Å². The number of amides is 1. The highest BCUT2D eigenvalue weighted by Gasteiger charge is 2.22. The first-order valence-corrected chi connectivity index (χ1v) is 8.76. The van der Waals surface area contributed by atoms with Crippen LogP contribution in [-0.2, 0) is 9.53 Å². The van der Waals surface area contributed by atoms with Crippen LogP contribution in [0.4, 0.5) is 0 Å². The van der Waals surface area contributed by atoms with E-state index in [-0.39, 0.29) is 11.9 Å². The molecule has 1 aliphatic rings. The Morgan fingerprint density at radius 2 is 2.12 bits per heavy atom. The summed E-state index contributed by atoms with van der Waals surface area (Å²) in [5, 5.41) is 8.20. The molecule has 1 aromatic carbocycles. The quantitative estimate of drug-likeness (QED) is 0.784. The number of carbonyl (C=O) groups is 1. The number of fused-ring (bicyclic) bond motifs is 1. The summed E-state index contributed by atoms with van der Waals surface area (Å²) in [4.78, 5) is 20.8. The number of carbonyl (C=O) groups excluding carboxylic acids is 1. The summed E-state index contributed by atoms with van der Waals surface area (Å²) in [6.45, 7) is 4.87. The Morgan fingerprint density at radius 1 is 1.27 bits per heavy atom. The van der Waals surface area contributed by atoms with E-state index in [2.05, 4.69) is 34.5 Å². The normalized spacial score (nSPS) is 16.8. The number of benzene rings is 1. The number of aromatic nitrogens is 1. The number of pyridine rings is 1. The number of guanidine groups is 1. The molecule has 0 bridgehead atoms. The van der Waals surface area contributed by atoms with Crippen molar-refractivity contribution in [1.82, 2.24) is 15.6 Å². The molecule has 136 valence electrons. The van der Waals surface area contributed by atoms with Gasteiger partial charge in [-0.2, -0.15) is 0 Å². The predicted molar refractivity (Wildman–Crippen MR) is 104 cm³/mol. The van der Waals surface area contributed by atoms with Crippen LogP contribution in [0.5, 0.6) is 0 Å². The minimum Gasteiger partial charge on any atom is -0.383 e. The van der Waals surface area contributed by atoms with E-state index >= 15 is 0 Å². The Bertz CT molecular complexity index is 858. The van der Waals surface area contributed by atoms with Gasteiger partial charge in [-0.25, -0.2) is 4.99 Å². The summed E-state index contributed by atoms with van der Waals surface area (Å²) >= 11 is 0. The number of aliphatic imine (C=N–C) groups is 1. The van der Waals surface area contributed by atoms with Crippen molar-refractivity contribution in [2.75, 3.05) is 13.7 Å². The van der Waals surface area contributed by atoms with Crippen molar-refractivity contribution in [1.29, 1.82) is 0 Å². The molecule has 2 heterocycles. The molecule has 1 atom stereocenters. The van der Waals surface area contributed by atoms with E-state index < -0.39 is 0 Å². The fraction of sp³-hybridized carbons (Fsp3) is 0.350. The third-order valence-corrected chi connectivity index (χ3v) is 4.13. The van der Waals surface area contributed by atoms with Crippen molar-refractivity contribution in [3.63, 3.8) is 0 Å². The first-order valence-electron chi connectivity index (χ1n) is 8.76.